The molecule has 0 aromatic heterocycles. The Morgan fingerprint density at radius 2 is 0.776 bits per heavy atom. The van der Waals surface area contributed by atoms with Gasteiger partial charge in [0.25, 0.3) is 0 Å². The molecule has 4 atom stereocenters. The number of fused-ring (bicyclic) bond motifs is 2. The van der Waals surface area contributed by atoms with Gasteiger partial charge in [-0.15, -0.1) is 0 Å². The number of quaternary nitrogens is 2. The van der Waals surface area contributed by atoms with Gasteiger partial charge in [-0.1, -0.05) is 12.2 Å². The van der Waals surface area contributed by atoms with Crippen LogP contribution in [0.25, 0.3) is 0 Å². The number of hydrogen-bond acceptors (Lipinski definition) is 14. The van der Waals surface area contributed by atoms with Crippen molar-refractivity contribution >= 4 is 11.9 Å². The number of allylic oxidation sites excluding steroid dienone is 2. The second kappa shape index (κ2) is 29.5. The molecule has 2 aliphatic heterocycles. The van der Waals surface area contributed by atoms with Gasteiger partial charge in [0, 0.05) is 62.5 Å². The van der Waals surface area contributed by atoms with Gasteiger partial charge in [-0.05, 0) is 96.5 Å². The maximum absolute atomic E-state index is 13.0. The molecule has 0 spiro atoms. The highest BCUT2D eigenvalue weighted by Gasteiger charge is 2.47. The first-order chi connectivity index (χ1) is 35.8. The van der Waals surface area contributed by atoms with Gasteiger partial charge in [0.15, 0.2) is 46.0 Å². The third kappa shape index (κ3) is 14.2. The van der Waals surface area contributed by atoms with Crippen LogP contribution in [-0.2, 0) is 55.8 Å². The first-order valence-electron chi connectivity index (χ1n) is 25.5. The molecular weight excluding hydrogens is 1020 g/mol. The molecule has 6 rings (SSSR count). The second-order valence-corrected chi connectivity index (χ2v) is 19.1. The van der Waals surface area contributed by atoms with Gasteiger partial charge in [-0.2, -0.15) is 0 Å². The van der Waals surface area contributed by atoms with Crippen LogP contribution in [0.2, 0.25) is 0 Å². The molecular formula is C58H80Cl2N2O14. The standard InChI is InChI=1S/C58H78N2O14.2ClH/c1-59-25-21-41-33-45(63-3)47(65-5)35-43(41)57(59,37-39-29-49(67-7)55(71-11)50(30-39)68-8)23-17-27-73-53(61)19-15-13-14-16-20-54(62)74-28-18-24-58(38-40-31-51(69-9)56(72-12)52(32-40)70-10)44-36-48(66-6)46(64-4)34-42(44)22-26-60(58)2;;/h13-14,29-36H,15-28,37-38H2,1-12H3;2*1H. The molecule has 4 unspecified atom stereocenters. The van der Waals surface area contributed by atoms with Crippen molar-refractivity contribution < 1.29 is 101 Å². The fourth-order valence-corrected chi connectivity index (χ4v) is 11.2. The van der Waals surface area contributed by atoms with Gasteiger partial charge in [0.05, 0.1) is 111 Å². The lowest BCUT2D eigenvalue weighted by Crippen LogP contribution is -3.17. The molecule has 4 aromatic rings. The number of carbonyl (C=O) groups is 2. The minimum absolute atomic E-state index is 0. The third-order valence-electron chi connectivity index (χ3n) is 15.1. The van der Waals surface area contributed by atoms with Crippen LogP contribution in [0.5, 0.6) is 57.5 Å². The monoisotopic (exact) mass is 1100 g/mol. The van der Waals surface area contributed by atoms with Crippen LogP contribution < -0.4 is 82.0 Å². The molecule has 420 valence electrons. The van der Waals surface area contributed by atoms with Crippen molar-refractivity contribution in [1.29, 1.82) is 0 Å². The minimum atomic E-state index is -0.402. The number of hydrogen-bond donors (Lipinski definition) is 2. The van der Waals surface area contributed by atoms with Crippen molar-refractivity contribution in [3.05, 3.63) is 94.1 Å². The number of likely N-dealkylation sites (N-methyl/N-ethyl adjacent to an activating group) is 2. The maximum atomic E-state index is 13.0. The van der Waals surface area contributed by atoms with E-state index in [1.165, 1.54) is 32.1 Å². The molecule has 0 fully saturated rings. The Morgan fingerprint density at radius 1 is 0.461 bits per heavy atom. The van der Waals surface area contributed by atoms with Crippen molar-refractivity contribution in [1.82, 2.24) is 0 Å². The Kier molecular flexibility index (Phi) is 24.3. The first-order valence-corrected chi connectivity index (χ1v) is 25.5. The quantitative estimate of drug-likeness (QED) is 0.0455. The number of nitrogens with one attached hydrogen (secondary N) is 2. The van der Waals surface area contributed by atoms with E-state index in [4.69, 9.17) is 56.8 Å². The van der Waals surface area contributed by atoms with Crippen LogP contribution in [0.3, 0.4) is 0 Å². The van der Waals surface area contributed by atoms with E-state index >= 15 is 0 Å². The highest BCUT2D eigenvalue weighted by Crippen LogP contribution is 2.45. The summed E-state index contributed by atoms with van der Waals surface area (Å²) < 4.78 is 68.9. The summed E-state index contributed by atoms with van der Waals surface area (Å²) in [5.41, 5.74) is 6.00. The molecule has 2 aliphatic rings. The van der Waals surface area contributed by atoms with E-state index < -0.39 is 11.1 Å². The van der Waals surface area contributed by atoms with E-state index in [9.17, 15) is 9.59 Å². The van der Waals surface area contributed by atoms with Crippen LogP contribution in [0.1, 0.15) is 84.7 Å². The van der Waals surface area contributed by atoms with E-state index in [0.29, 0.717) is 96.0 Å². The van der Waals surface area contributed by atoms with Gasteiger partial charge in [-0.3, -0.25) is 9.59 Å². The number of methoxy groups -OCH3 is 10. The highest BCUT2D eigenvalue weighted by molar-refractivity contribution is 5.70. The van der Waals surface area contributed by atoms with Gasteiger partial charge >= 0.3 is 11.9 Å². The van der Waals surface area contributed by atoms with Crippen molar-refractivity contribution in [2.45, 2.75) is 88.1 Å². The Morgan fingerprint density at radius 3 is 1.08 bits per heavy atom. The Balaban J connectivity index is 0.00000624. The summed E-state index contributed by atoms with van der Waals surface area (Å²) in [6, 6.07) is 16.4. The van der Waals surface area contributed by atoms with Crippen LogP contribution in [0.4, 0.5) is 0 Å². The van der Waals surface area contributed by atoms with Crippen LogP contribution in [-0.4, -0.2) is 123 Å². The Bertz CT molecular complexity index is 2350. The second-order valence-electron chi connectivity index (χ2n) is 19.1. The largest absolute Gasteiger partial charge is 1.00 e. The van der Waals surface area contributed by atoms with Gasteiger partial charge < -0.3 is 91.5 Å². The summed E-state index contributed by atoms with van der Waals surface area (Å²) >= 11 is 0. The predicted octanol–water partition coefficient (Wildman–Crippen LogP) is 0.262. The van der Waals surface area contributed by atoms with E-state index in [1.54, 1.807) is 71.1 Å². The number of carbonyl (C=O) groups excluding carboxylic acids is 2. The summed E-state index contributed by atoms with van der Waals surface area (Å²) in [4.78, 5) is 28.7. The van der Waals surface area contributed by atoms with Crippen LogP contribution >= 0.6 is 0 Å². The number of ether oxygens (including phenoxy) is 12. The molecule has 4 aromatic carbocycles. The van der Waals surface area contributed by atoms with E-state index in [0.717, 1.165) is 49.9 Å². The molecule has 76 heavy (non-hydrogen) atoms. The first kappa shape index (κ1) is 62.6. The zero-order valence-electron chi connectivity index (χ0n) is 46.6. The Hall–Kier alpha value is -5.94. The molecule has 16 nitrogen and oxygen atoms in total. The molecule has 18 heteroatoms. The van der Waals surface area contributed by atoms with Crippen LogP contribution in [0, 0.1) is 0 Å². The average molecular weight is 1100 g/mol. The van der Waals surface area contributed by atoms with Gasteiger partial charge in [0.1, 0.15) is 11.1 Å². The summed E-state index contributed by atoms with van der Waals surface area (Å²) in [7, 11) is 20.7. The van der Waals surface area contributed by atoms with Gasteiger partial charge in [0.2, 0.25) is 11.5 Å². The molecule has 0 amide bonds. The highest BCUT2D eigenvalue weighted by atomic mass is 35.5. The number of rotatable bonds is 28. The minimum Gasteiger partial charge on any atom is -1.00 e. The number of benzene rings is 4. The Labute approximate surface area is 462 Å². The topological polar surface area (TPSA) is 154 Å². The third-order valence-corrected chi connectivity index (χ3v) is 15.1. The van der Waals surface area contributed by atoms with E-state index in [1.807, 2.05) is 36.4 Å². The molecule has 0 bridgehead atoms. The summed E-state index contributed by atoms with van der Waals surface area (Å²) in [5.74, 6) is 5.63. The lowest BCUT2D eigenvalue weighted by molar-refractivity contribution is -0.946. The maximum Gasteiger partial charge on any atom is 0.306 e. The van der Waals surface area contributed by atoms with Crippen molar-refractivity contribution in [3.63, 3.8) is 0 Å². The summed E-state index contributed by atoms with van der Waals surface area (Å²) in [6.07, 6.45) is 11.1. The zero-order chi connectivity index (χ0) is 53.4. The predicted molar refractivity (Wildman–Crippen MR) is 281 cm³/mol. The molecule has 0 aliphatic carbocycles. The molecule has 2 heterocycles. The fourth-order valence-electron chi connectivity index (χ4n) is 11.2. The number of esters is 2. The summed E-state index contributed by atoms with van der Waals surface area (Å²) in [5, 5.41) is 0. The zero-order valence-corrected chi connectivity index (χ0v) is 48.1. The SMILES string of the molecule is COc1cc2c(cc1OC)C(CCCOC(=O)CCC=CCCC(=O)OCCCC1(Cc3cc(OC)c(OC)c(OC)c3)c3cc(OC)c(OC)cc3CC[NH+]1C)(Cc1cc(OC)c(OC)c(OC)c1)[NH+](C)CC2.[Cl-].[Cl-]. The van der Waals surface area contributed by atoms with Crippen molar-refractivity contribution in [2.75, 3.05) is 111 Å². The van der Waals surface area contributed by atoms with Crippen molar-refractivity contribution in [2.24, 2.45) is 0 Å². The molecule has 0 saturated heterocycles. The lowest BCUT2D eigenvalue weighted by atomic mass is 9.73. The lowest BCUT2D eigenvalue weighted by Gasteiger charge is -2.44. The number of halogens is 2. The van der Waals surface area contributed by atoms with Crippen molar-refractivity contribution in [3.8, 4) is 57.5 Å². The van der Waals surface area contributed by atoms with Crippen LogP contribution in [0.15, 0.2) is 60.7 Å². The molecule has 2 N–H and O–H groups in total. The van der Waals surface area contributed by atoms with E-state index in [2.05, 4.69) is 38.4 Å². The smallest absolute Gasteiger partial charge is 0.306 e. The molecule has 0 saturated carbocycles. The average Bonchev–Trinajstić information content (AvgIpc) is 3.42. The van der Waals surface area contributed by atoms with E-state index in [-0.39, 0.29) is 62.8 Å². The summed E-state index contributed by atoms with van der Waals surface area (Å²) in [6.45, 7) is 2.36. The molecule has 0 radical (unpaired) electrons. The van der Waals surface area contributed by atoms with Gasteiger partial charge in [-0.25, -0.2) is 0 Å². The fraction of sp³-hybridized carbons (Fsp3) is 0.517. The normalized spacial score (nSPS) is 18.4.